The monoisotopic (exact) mass is 366 g/mol. The van der Waals surface area contributed by atoms with Crippen molar-refractivity contribution in [3.63, 3.8) is 0 Å². The van der Waals surface area contributed by atoms with Crippen molar-refractivity contribution in [2.24, 2.45) is 5.73 Å². The smallest absolute Gasteiger partial charge is 0.248 e. The molecule has 4 nitrogen and oxygen atoms in total. The number of nitrogens with two attached hydrogens (primary N) is 1. The van der Waals surface area contributed by atoms with Gasteiger partial charge in [-0.25, -0.2) is 0 Å². The molecule has 0 bridgehead atoms. The Morgan fingerprint density at radius 1 is 1.24 bits per heavy atom. The van der Waals surface area contributed by atoms with Crippen LogP contribution in [0.1, 0.15) is 28.1 Å². The lowest BCUT2D eigenvalue weighted by Crippen LogP contribution is -2.14. The van der Waals surface area contributed by atoms with Gasteiger partial charge in [0.05, 0.1) is 3.79 Å². The number of carbonyl (C=O) groups is 2. The van der Waals surface area contributed by atoms with E-state index in [-0.39, 0.29) is 5.91 Å². The second-order valence-electron chi connectivity index (χ2n) is 4.55. The van der Waals surface area contributed by atoms with Gasteiger partial charge in [0.15, 0.2) is 0 Å². The first-order valence-electron chi connectivity index (χ1n) is 6.48. The molecular formula is C15H15BrN2O2S. The predicted octanol–water partition coefficient (Wildman–Crippen LogP) is 3.57. The Morgan fingerprint density at radius 3 is 2.71 bits per heavy atom. The van der Waals surface area contributed by atoms with E-state index >= 15 is 0 Å². The van der Waals surface area contributed by atoms with Gasteiger partial charge in [-0.2, -0.15) is 0 Å². The summed E-state index contributed by atoms with van der Waals surface area (Å²) in [5, 5.41) is 2.78. The Morgan fingerprint density at radius 2 is 2.05 bits per heavy atom. The zero-order valence-corrected chi connectivity index (χ0v) is 13.7. The molecule has 0 saturated heterocycles. The van der Waals surface area contributed by atoms with Crippen molar-refractivity contribution in [2.45, 2.75) is 19.3 Å². The summed E-state index contributed by atoms with van der Waals surface area (Å²) in [5.74, 6) is -0.568. The third-order valence-corrected chi connectivity index (χ3v) is 4.57. The third-order valence-electron chi connectivity index (χ3n) is 2.89. The molecule has 1 aromatic heterocycles. The molecule has 3 N–H and O–H groups in total. The molecular weight excluding hydrogens is 352 g/mol. The maximum absolute atomic E-state index is 11.9. The highest BCUT2D eigenvalue weighted by molar-refractivity contribution is 9.11. The van der Waals surface area contributed by atoms with E-state index in [1.165, 1.54) is 4.88 Å². The van der Waals surface area contributed by atoms with Crippen molar-refractivity contribution < 1.29 is 9.59 Å². The Labute approximate surface area is 135 Å². The van der Waals surface area contributed by atoms with Crippen LogP contribution in [0, 0.1) is 0 Å². The van der Waals surface area contributed by atoms with Crippen LogP contribution in [0.3, 0.4) is 0 Å². The van der Waals surface area contributed by atoms with Gasteiger partial charge in [-0.3, -0.25) is 9.59 Å². The topological polar surface area (TPSA) is 72.2 Å². The van der Waals surface area contributed by atoms with Gasteiger partial charge in [0, 0.05) is 22.5 Å². The van der Waals surface area contributed by atoms with Gasteiger partial charge in [0.25, 0.3) is 0 Å². The van der Waals surface area contributed by atoms with Gasteiger partial charge >= 0.3 is 0 Å². The Kier molecular flexibility index (Phi) is 5.52. The minimum absolute atomic E-state index is 0.0627. The second kappa shape index (κ2) is 7.38. The van der Waals surface area contributed by atoms with Crippen LogP contribution in [0.2, 0.25) is 0 Å². The standard InChI is InChI=1S/C15H15BrN2O2S/c16-13-8-7-12(21-13)5-2-6-14(19)18-11-4-1-3-10(9-11)15(17)20/h1,3-4,7-9H,2,5-6H2,(H2,17,20)(H,18,19). The lowest BCUT2D eigenvalue weighted by Gasteiger charge is -2.06. The minimum atomic E-state index is -0.505. The molecule has 0 unspecified atom stereocenters. The molecule has 2 aromatic rings. The molecule has 21 heavy (non-hydrogen) atoms. The number of halogens is 1. The zero-order valence-electron chi connectivity index (χ0n) is 11.3. The first-order valence-corrected chi connectivity index (χ1v) is 8.09. The van der Waals surface area contributed by atoms with E-state index in [0.717, 1.165) is 16.6 Å². The molecule has 1 aromatic carbocycles. The first kappa shape index (κ1) is 15.7. The number of hydrogen-bond donors (Lipinski definition) is 2. The number of benzene rings is 1. The van der Waals surface area contributed by atoms with Crippen molar-refractivity contribution in [3.05, 3.63) is 50.6 Å². The van der Waals surface area contributed by atoms with Crippen LogP contribution in [0.15, 0.2) is 40.2 Å². The molecule has 0 radical (unpaired) electrons. The fraction of sp³-hybridized carbons (Fsp3) is 0.200. The largest absolute Gasteiger partial charge is 0.366 e. The van der Waals surface area contributed by atoms with Crippen LogP contribution in [0.5, 0.6) is 0 Å². The van der Waals surface area contributed by atoms with Crippen LogP contribution < -0.4 is 11.1 Å². The van der Waals surface area contributed by atoms with E-state index in [1.54, 1.807) is 35.6 Å². The number of nitrogens with one attached hydrogen (secondary N) is 1. The van der Waals surface area contributed by atoms with Crippen molar-refractivity contribution >= 4 is 44.8 Å². The average Bonchev–Trinajstić information content (AvgIpc) is 2.84. The maximum Gasteiger partial charge on any atom is 0.248 e. The van der Waals surface area contributed by atoms with Crippen molar-refractivity contribution in [2.75, 3.05) is 5.32 Å². The molecule has 110 valence electrons. The minimum Gasteiger partial charge on any atom is -0.366 e. The fourth-order valence-electron chi connectivity index (χ4n) is 1.88. The van der Waals surface area contributed by atoms with Crippen molar-refractivity contribution in [1.29, 1.82) is 0 Å². The molecule has 1 heterocycles. The van der Waals surface area contributed by atoms with Crippen LogP contribution in [-0.4, -0.2) is 11.8 Å². The summed E-state index contributed by atoms with van der Waals surface area (Å²) in [6.45, 7) is 0. The molecule has 2 amide bonds. The summed E-state index contributed by atoms with van der Waals surface area (Å²) in [6.07, 6.45) is 2.11. The van der Waals surface area contributed by atoms with Gasteiger partial charge in [-0.1, -0.05) is 6.07 Å². The third kappa shape index (κ3) is 4.99. The summed E-state index contributed by atoms with van der Waals surface area (Å²) in [7, 11) is 0. The lowest BCUT2D eigenvalue weighted by molar-refractivity contribution is -0.116. The predicted molar refractivity (Wildman–Crippen MR) is 88.5 cm³/mol. The molecule has 0 aliphatic rings. The van der Waals surface area contributed by atoms with Gasteiger partial charge in [0.2, 0.25) is 11.8 Å². The Hall–Kier alpha value is -1.66. The van der Waals surface area contributed by atoms with Gasteiger partial charge in [0.1, 0.15) is 0 Å². The van der Waals surface area contributed by atoms with E-state index in [0.29, 0.717) is 17.7 Å². The van der Waals surface area contributed by atoms with Gasteiger partial charge in [-0.05, 0) is 59.1 Å². The van der Waals surface area contributed by atoms with Gasteiger partial charge < -0.3 is 11.1 Å². The molecule has 2 rings (SSSR count). The quantitative estimate of drug-likeness (QED) is 0.819. The summed E-state index contributed by atoms with van der Waals surface area (Å²) in [4.78, 5) is 24.2. The number of thiophene rings is 1. The summed E-state index contributed by atoms with van der Waals surface area (Å²) >= 11 is 5.10. The zero-order chi connectivity index (χ0) is 15.2. The van der Waals surface area contributed by atoms with E-state index < -0.39 is 5.91 Å². The van der Waals surface area contributed by atoms with Gasteiger partial charge in [-0.15, -0.1) is 11.3 Å². The highest BCUT2D eigenvalue weighted by Gasteiger charge is 2.06. The summed E-state index contributed by atoms with van der Waals surface area (Å²) in [6, 6.07) is 10.7. The fourth-order valence-corrected chi connectivity index (χ4v) is 3.41. The Bertz CT molecular complexity index is 655. The van der Waals surface area contributed by atoms with Crippen LogP contribution in [0.4, 0.5) is 5.69 Å². The Balaban J connectivity index is 1.81. The number of rotatable bonds is 6. The van der Waals surface area contributed by atoms with E-state index in [1.807, 2.05) is 6.07 Å². The number of carbonyl (C=O) groups excluding carboxylic acids is 2. The highest BCUT2D eigenvalue weighted by Crippen LogP contribution is 2.23. The summed E-state index contributed by atoms with van der Waals surface area (Å²) < 4.78 is 1.10. The average molecular weight is 367 g/mol. The molecule has 0 aliphatic carbocycles. The molecule has 0 aliphatic heterocycles. The second-order valence-corrected chi connectivity index (χ2v) is 7.10. The van der Waals surface area contributed by atoms with Crippen LogP contribution in [-0.2, 0) is 11.2 Å². The molecule has 6 heteroatoms. The van der Waals surface area contributed by atoms with Crippen molar-refractivity contribution in [3.8, 4) is 0 Å². The molecule has 0 saturated carbocycles. The van der Waals surface area contributed by atoms with Crippen LogP contribution in [0.25, 0.3) is 0 Å². The van der Waals surface area contributed by atoms with E-state index in [9.17, 15) is 9.59 Å². The first-order chi connectivity index (χ1) is 10.0. The molecule has 0 spiro atoms. The normalized spacial score (nSPS) is 10.3. The summed E-state index contributed by atoms with van der Waals surface area (Å²) in [5.41, 5.74) is 6.18. The van der Waals surface area contributed by atoms with E-state index in [2.05, 4.69) is 27.3 Å². The molecule has 0 fully saturated rings. The highest BCUT2D eigenvalue weighted by atomic mass is 79.9. The number of aryl methyl sites for hydroxylation is 1. The number of primary amides is 1. The molecule has 0 atom stereocenters. The number of amides is 2. The van der Waals surface area contributed by atoms with Crippen LogP contribution >= 0.6 is 27.3 Å². The number of hydrogen-bond acceptors (Lipinski definition) is 3. The van der Waals surface area contributed by atoms with E-state index in [4.69, 9.17) is 5.73 Å². The maximum atomic E-state index is 11.9. The number of anilines is 1. The van der Waals surface area contributed by atoms with Crippen molar-refractivity contribution in [1.82, 2.24) is 0 Å². The lowest BCUT2D eigenvalue weighted by atomic mass is 10.1. The SMILES string of the molecule is NC(=O)c1cccc(NC(=O)CCCc2ccc(Br)s2)c1.